The first-order chi connectivity index (χ1) is 10.9. The first-order valence-corrected chi connectivity index (χ1v) is 9.58. The molecule has 122 valence electrons. The maximum Gasteiger partial charge on any atom is 0.269 e. The Bertz CT molecular complexity index is 758. The van der Waals surface area contributed by atoms with Gasteiger partial charge in [-0.05, 0) is 30.7 Å². The van der Waals surface area contributed by atoms with Crippen LogP contribution in [0.25, 0.3) is 0 Å². The van der Waals surface area contributed by atoms with Gasteiger partial charge in [0.25, 0.3) is 5.69 Å². The Balaban J connectivity index is 2.26. The van der Waals surface area contributed by atoms with E-state index >= 15 is 0 Å². The molecule has 0 saturated heterocycles. The van der Waals surface area contributed by atoms with E-state index in [9.17, 15) is 18.5 Å². The number of benzene rings is 2. The molecule has 2 aromatic carbocycles. The molecule has 1 unspecified atom stereocenters. The molecular formula is C16H17NO4S2. The number of nitro benzene ring substituents is 1. The number of hydrogen-bond donors (Lipinski definition) is 0. The van der Waals surface area contributed by atoms with Gasteiger partial charge in [0.05, 0.1) is 9.82 Å². The Morgan fingerprint density at radius 1 is 1.09 bits per heavy atom. The van der Waals surface area contributed by atoms with Crippen LogP contribution in [-0.2, 0) is 9.84 Å². The van der Waals surface area contributed by atoms with Crippen molar-refractivity contribution in [2.24, 2.45) is 0 Å². The second-order valence-electron chi connectivity index (χ2n) is 4.95. The van der Waals surface area contributed by atoms with E-state index in [-0.39, 0.29) is 5.69 Å². The van der Waals surface area contributed by atoms with Crippen LogP contribution in [-0.4, -0.2) is 17.9 Å². The minimum absolute atomic E-state index is 0.00712. The number of thioether (sulfide) groups is 1. The van der Waals surface area contributed by atoms with Crippen LogP contribution in [0, 0.1) is 10.1 Å². The summed E-state index contributed by atoms with van der Waals surface area (Å²) in [6.45, 7) is 1.93. The van der Waals surface area contributed by atoms with Gasteiger partial charge in [-0.3, -0.25) is 10.1 Å². The maximum absolute atomic E-state index is 12.8. The predicted octanol–water partition coefficient (Wildman–Crippen LogP) is 4.29. The summed E-state index contributed by atoms with van der Waals surface area (Å²) in [5.41, 5.74) is -0.00712. The van der Waals surface area contributed by atoms with Gasteiger partial charge in [-0.2, -0.15) is 0 Å². The molecule has 2 aromatic rings. The molecule has 0 bridgehead atoms. The van der Waals surface area contributed by atoms with E-state index in [4.69, 9.17) is 0 Å². The van der Waals surface area contributed by atoms with Crippen LogP contribution < -0.4 is 0 Å². The molecule has 23 heavy (non-hydrogen) atoms. The van der Waals surface area contributed by atoms with Crippen molar-refractivity contribution in [3.63, 3.8) is 0 Å². The fourth-order valence-electron chi connectivity index (χ4n) is 2.07. The molecule has 5 nitrogen and oxygen atoms in total. The summed E-state index contributed by atoms with van der Waals surface area (Å²) in [7, 11) is -3.46. The van der Waals surface area contributed by atoms with Crippen molar-refractivity contribution in [2.45, 2.75) is 34.1 Å². The fourth-order valence-corrected chi connectivity index (χ4v) is 5.58. The van der Waals surface area contributed by atoms with Gasteiger partial charge in [0, 0.05) is 17.0 Å². The lowest BCUT2D eigenvalue weighted by atomic mass is 10.3. The lowest BCUT2D eigenvalue weighted by Gasteiger charge is -2.16. The second kappa shape index (κ2) is 7.61. The average Bonchev–Trinajstić information content (AvgIpc) is 2.55. The normalized spacial score (nSPS) is 12.7. The molecule has 0 aliphatic rings. The fraction of sp³-hybridized carbons (Fsp3) is 0.250. The highest BCUT2D eigenvalue weighted by atomic mass is 32.3. The number of hydrogen-bond acceptors (Lipinski definition) is 5. The topological polar surface area (TPSA) is 77.3 Å². The molecule has 0 radical (unpaired) electrons. The zero-order valence-corrected chi connectivity index (χ0v) is 14.2. The third-order valence-corrected chi connectivity index (χ3v) is 7.21. The largest absolute Gasteiger partial charge is 0.269 e. The molecule has 0 aliphatic heterocycles. The van der Waals surface area contributed by atoms with Gasteiger partial charge in [-0.1, -0.05) is 31.5 Å². The van der Waals surface area contributed by atoms with Crippen LogP contribution in [0.2, 0.25) is 0 Å². The standard InChI is InChI=1S/C16H17NO4S2/c1-2-6-16(23(20,21)15-7-4-3-5-8-15)22-14-11-9-13(10-12-14)17(18)19/h3-5,7-12,16H,2,6H2,1H3. The van der Waals surface area contributed by atoms with Gasteiger partial charge in [-0.15, -0.1) is 11.8 Å². The minimum Gasteiger partial charge on any atom is -0.258 e. The van der Waals surface area contributed by atoms with Crippen LogP contribution >= 0.6 is 11.8 Å². The number of nitro groups is 1. The first-order valence-electron chi connectivity index (χ1n) is 7.15. The predicted molar refractivity (Wildman–Crippen MR) is 91.3 cm³/mol. The Labute approximate surface area is 139 Å². The summed E-state index contributed by atoms with van der Waals surface area (Å²) in [6, 6.07) is 14.3. The lowest BCUT2D eigenvalue weighted by molar-refractivity contribution is -0.384. The lowest BCUT2D eigenvalue weighted by Crippen LogP contribution is -2.18. The molecule has 0 spiro atoms. The molecule has 2 rings (SSSR count). The molecular weight excluding hydrogens is 334 g/mol. The Hall–Kier alpha value is -1.86. The van der Waals surface area contributed by atoms with Crippen molar-refractivity contribution < 1.29 is 13.3 Å². The zero-order chi connectivity index (χ0) is 16.9. The highest BCUT2D eigenvalue weighted by Gasteiger charge is 2.27. The van der Waals surface area contributed by atoms with Crippen LogP contribution in [0.5, 0.6) is 0 Å². The molecule has 0 aromatic heterocycles. The van der Waals surface area contributed by atoms with Crippen LogP contribution in [0.15, 0.2) is 64.4 Å². The third kappa shape index (κ3) is 4.33. The van der Waals surface area contributed by atoms with Crippen molar-refractivity contribution >= 4 is 27.3 Å². The Morgan fingerprint density at radius 2 is 1.70 bits per heavy atom. The van der Waals surface area contributed by atoms with Crippen molar-refractivity contribution in [2.75, 3.05) is 0 Å². The van der Waals surface area contributed by atoms with E-state index in [1.54, 1.807) is 42.5 Å². The number of nitrogens with zero attached hydrogens (tertiary/aromatic N) is 1. The summed E-state index contributed by atoms with van der Waals surface area (Å²) < 4.78 is 24.9. The molecule has 0 fully saturated rings. The van der Waals surface area contributed by atoms with Crippen molar-refractivity contribution in [3.8, 4) is 0 Å². The van der Waals surface area contributed by atoms with E-state index in [1.165, 1.54) is 23.9 Å². The van der Waals surface area contributed by atoms with Gasteiger partial charge in [-0.25, -0.2) is 8.42 Å². The number of sulfone groups is 1. The molecule has 0 heterocycles. The van der Waals surface area contributed by atoms with E-state index in [0.29, 0.717) is 16.2 Å². The van der Waals surface area contributed by atoms with E-state index in [1.807, 2.05) is 6.92 Å². The highest BCUT2D eigenvalue weighted by molar-refractivity contribution is 8.13. The zero-order valence-electron chi connectivity index (χ0n) is 12.6. The van der Waals surface area contributed by atoms with Crippen LogP contribution in [0.1, 0.15) is 19.8 Å². The van der Waals surface area contributed by atoms with E-state index < -0.39 is 19.3 Å². The molecule has 1 atom stereocenters. The SMILES string of the molecule is CCCC(Sc1ccc([N+](=O)[O-])cc1)S(=O)(=O)c1ccccc1. The first kappa shape index (κ1) is 17.5. The van der Waals surface area contributed by atoms with Gasteiger partial charge in [0.2, 0.25) is 0 Å². The van der Waals surface area contributed by atoms with Crippen molar-refractivity contribution in [1.29, 1.82) is 0 Å². The summed E-state index contributed by atoms with van der Waals surface area (Å²) in [6.07, 6.45) is 1.25. The quantitative estimate of drug-likeness (QED) is 0.422. The van der Waals surface area contributed by atoms with Gasteiger partial charge < -0.3 is 0 Å². The van der Waals surface area contributed by atoms with Crippen LogP contribution in [0.3, 0.4) is 0 Å². The van der Waals surface area contributed by atoms with Crippen molar-refractivity contribution in [1.82, 2.24) is 0 Å². The third-order valence-electron chi connectivity index (χ3n) is 3.26. The van der Waals surface area contributed by atoms with Crippen LogP contribution in [0.4, 0.5) is 5.69 Å². The molecule has 7 heteroatoms. The second-order valence-corrected chi connectivity index (χ2v) is 8.65. The molecule has 0 amide bonds. The van der Waals surface area contributed by atoms with Crippen molar-refractivity contribution in [3.05, 3.63) is 64.7 Å². The molecule has 0 saturated carbocycles. The Kier molecular flexibility index (Phi) is 5.79. The smallest absolute Gasteiger partial charge is 0.258 e. The van der Waals surface area contributed by atoms with Gasteiger partial charge >= 0.3 is 0 Å². The number of non-ortho nitro benzene ring substituents is 1. The maximum atomic E-state index is 12.8. The Morgan fingerprint density at radius 3 is 2.22 bits per heavy atom. The number of rotatable bonds is 7. The van der Waals surface area contributed by atoms with Gasteiger partial charge in [0.1, 0.15) is 4.58 Å². The summed E-state index contributed by atoms with van der Waals surface area (Å²) in [5, 5.41) is 10.7. The van der Waals surface area contributed by atoms with E-state index in [2.05, 4.69) is 0 Å². The molecule has 0 aliphatic carbocycles. The molecule has 0 N–H and O–H groups in total. The summed E-state index contributed by atoms with van der Waals surface area (Å²) >= 11 is 1.22. The average molecular weight is 351 g/mol. The monoisotopic (exact) mass is 351 g/mol. The highest BCUT2D eigenvalue weighted by Crippen LogP contribution is 2.34. The summed E-state index contributed by atoms with van der Waals surface area (Å²) in [4.78, 5) is 11.2. The minimum atomic E-state index is -3.46. The van der Waals surface area contributed by atoms with Gasteiger partial charge in [0.15, 0.2) is 9.84 Å². The summed E-state index contributed by atoms with van der Waals surface area (Å²) in [5.74, 6) is 0. The van der Waals surface area contributed by atoms with E-state index in [0.717, 1.165) is 6.42 Å².